The van der Waals surface area contributed by atoms with Gasteiger partial charge in [-0.05, 0) is 30.2 Å². The van der Waals surface area contributed by atoms with Crippen molar-refractivity contribution in [2.45, 2.75) is 17.9 Å². The van der Waals surface area contributed by atoms with E-state index in [4.69, 9.17) is 5.73 Å². The predicted octanol–water partition coefficient (Wildman–Crippen LogP) is 2.47. The lowest BCUT2D eigenvalue weighted by Crippen LogP contribution is -2.22. The second kappa shape index (κ2) is 5.55. The summed E-state index contributed by atoms with van der Waals surface area (Å²) in [4.78, 5) is 0.319. The molecule has 0 aliphatic rings. The van der Waals surface area contributed by atoms with Crippen molar-refractivity contribution in [1.82, 2.24) is 0 Å². The molecule has 3 nitrogen and oxygen atoms in total. The van der Waals surface area contributed by atoms with Crippen molar-refractivity contribution in [3.8, 4) is 0 Å². The van der Waals surface area contributed by atoms with Gasteiger partial charge in [0, 0.05) is 6.04 Å². The van der Waals surface area contributed by atoms with E-state index in [9.17, 15) is 8.42 Å². The van der Waals surface area contributed by atoms with Crippen LogP contribution < -0.4 is 5.73 Å². The molecule has 0 aliphatic carbocycles. The summed E-state index contributed by atoms with van der Waals surface area (Å²) in [5.41, 5.74) is 7.93. The number of benzene rings is 2. The molecule has 0 aromatic heterocycles. The largest absolute Gasteiger partial charge is 0.323 e. The molecule has 0 aliphatic heterocycles. The van der Waals surface area contributed by atoms with Gasteiger partial charge in [-0.3, -0.25) is 0 Å². The van der Waals surface area contributed by atoms with Crippen molar-refractivity contribution >= 4 is 9.84 Å². The van der Waals surface area contributed by atoms with Crippen molar-refractivity contribution in [3.63, 3.8) is 0 Å². The molecule has 0 spiro atoms. The third-order valence-corrected chi connectivity index (χ3v) is 4.88. The van der Waals surface area contributed by atoms with Gasteiger partial charge in [0.2, 0.25) is 0 Å². The Bertz CT molecular complexity index is 651. The van der Waals surface area contributed by atoms with Gasteiger partial charge in [-0.25, -0.2) is 8.42 Å². The van der Waals surface area contributed by atoms with Crippen molar-refractivity contribution in [2.75, 3.05) is 5.75 Å². The highest BCUT2D eigenvalue weighted by atomic mass is 32.2. The van der Waals surface area contributed by atoms with Gasteiger partial charge in [0.15, 0.2) is 9.84 Å². The van der Waals surface area contributed by atoms with Crippen molar-refractivity contribution in [3.05, 3.63) is 65.7 Å². The third kappa shape index (κ3) is 3.22. The van der Waals surface area contributed by atoms with Crippen molar-refractivity contribution in [2.24, 2.45) is 5.73 Å². The van der Waals surface area contributed by atoms with Gasteiger partial charge < -0.3 is 5.73 Å². The van der Waals surface area contributed by atoms with Crippen LogP contribution in [0.5, 0.6) is 0 Å². The lowest BCUT2D eigenvalue weighted by Gasteiger charge is -2.15. The van der Waals surface area contributed by atoms with Crippen LogP contribution in [0.3, 0.4) is 0 Å². The zero-order chi connectivity index (χ0) is 13.9. The molecule has 1 unspecified atom stereocenters. The number of hydrogen-bond acceptors (Lipinski definition) is 3. The van der Waals surface area contributed by atoms with Crippen LogP contribution in [0, 0.1) is 6.92 Å². The van der Waals surface area contributed by atoms with Gasteiger partial charge in [-0.1, -0.05) is 42.5 Å². The van der Waals surface area contributed by atoms with E-state index in [2.05, 4.69) is 0 Å². The quantitative estimate of drug-likeness (QED) is 0.932. The van der Waals surface area contributed by atoms with Gasteiger partial charge in [0.1, 0.15) is 0 Å². The molecule has 1 atom stereocenters. The van der Waals surface area contributed by atoms with Crippen molar-refractivity contribution < 1.29 is 8.42 Å². The molecule has 100 valence electrons. The zero-order valence-corrected chi connectivity index (χ0v) is 11.6. The van der Waals surface area contributed by atoms with Crippen LogP contribution >= 0.6 is 0 Å². The van der Waals surface area contributed by atoms with Crippen LogP contribution in [0.15, 0.2) is 59.5 Å². The van der Waals surface area contributed by atoms with Crippen LogP contribution in [0.1, 0.15) is 17.2 Å². The Hall–Kier alpha value is -1.65. The molecule has 0 amide bonds. The van der Waals surface area contributed by atoms with Gasteiger partial charge in [0.25, 0.3) is 0 Å². The van der Waals surface area contributed by atoms with Crippen LogP contribution in [0.4, 0.5) is 0 Å². The number of nitrogens with two attached hydrogens (primary N) is 1. The number of aryl methyl sites for hydroxylation is 1. The Morgan fingerprint density at radius 1 is 1.00 bits per heavy atom. The summed E-state index contributed by atoms with van der Waals surface area (Å²) in [6.07, 6.45) is 0. The molecule has 0 heterocycles. The number of hydrogen-bond donors (Lipinski definition) is 1. The standard InChI is InChI=1S/C15H17NO2S/c1-12-7-5-6-10-14(12)15(16)11-19(17,18)13-8-3-2-4-9-13/h2-10,15H,11,16H2,1H3. The first-order valence-corrected chi connectivity index (χ1v) is 7.75. The van der Waals surface area contributed by atoms with E-state index >= 15 is 0 Å². The first kappa shape index (κ1) is 13.8. The van der Waals surface area contributed by atoms with Gasteiger partial charge in [-0.15, -0.1) is 0 Å². The van der Waals surface area contributed by atoms with E-state index in [1.807, 2.05) is 31.2 Å². The molecule has 2 rings (SSSR count). The third-order valence-electron chi connectivity index (χ3n) is 3.09. The lowest BCUT2D eigenvalue weighted by molar-refractivity contribution is 0.588. The molecule has 2 aromatic carbocycles. The van der Waals surface area contributed by atoms with E-state index in [1.54, 1.807) is 30.3 Å². The molecular weight excluding hydrogens is 258 g/mol. The Morgan fingerprint density at radius 2 is 1.58 bits per heavy atom. The molecule has 0 saturated carbocycles. The summed E-state index contributed by atoms with van der Waals surface area (Å²) in [5.74, 6) is -0.0815. The highest BCUT2D eigenvalue weighted by Gasteiger charge is 2.20. The fourth-order valence-corrected chi connectivity index (χ4v) is 3.47. The average Bonchev–Trinajstić information content (AvgIpc) is 2.39. The van der Waals surface area contributed by atoms with E-state index in [-0.39, 0.29) is 5.75 Å². The molecule has 2 N–H and O–H groups in total. The second-order valence-corrected chi connectivity index (χ2v) is 6.59. The summed E-state index contributed by atoms with van der Waals surface area (Å²) < 4.78 is 24.5. The normalized spacial score (nSPS) is 13.2. The van der Waals surface area contributed by atoms with E-state index in [1.165, 1.54) is 0 Å². The lowest BCUT2D eigenvalue weighted by atomic mass is 10.0. The van der Waals surface area contributed by atoms with E-state index in [0.29, 0.717) is 4.90 Å². The summed E-state index contributed by atoms with van der Waals surface area (Å²) >= 11 is 0. The smallest absolute Gasteiger partial charge is 0.180 e. The van der Waals surface area contributed by atoms with Crippen LogP contribution in [-0.2, 0) is 9.84 Å². The molecule has 4 heteroatoms. The summed E-state index contributed by atoms with van der Waals surface area (Å²) in [6, 6.07) is 15.5. The summed E-state index contributed by atoms with van der Waals surface area (Å²) in [7, 11) is -3.35. The fraction of sp³-hybridized carbons (Fsp3) is 0.200. The maximum atomic E-state index is 12.2. The van der Waals surface area contributed by atoms with Gasteiger partial charge in [0.05, 0.1) is 10.6 Å². The Balaban J connectivity index is 2.24. The van der Waals surface area contributed by atoms with Crippen LogP contribution in [0.25, 0.3) is 0 Å². The van der Waals surface area contributed by atoms with Crippen molar-refractivity contribution in [1.29, 1.82) is 0 Å². The minimum atomic E-state index is -3.35. The Labute approximate surface area is 114 Å². The summed E-state index contributed by atoms with van der Waals surface area (Å²) in [6.45, 7) is 1.93. The fourth-order valence-electron chi connectivity index (χ4n) is 2.05. The van der Waals surface area contributed by atoms with E-state index in [0.717, 1.165) is 11.1 Å². The highest BCUT2D eigenvalue weighted by molar-refractivity contribution is 7.91. The molecule has 2 aromatic rings. The Kier molecular flexibility index (Phi) is 4.02. The molecule has 19 heavy (non-hydrogen) atoms. The maximum Gasteiger partial charge on any atom is 0.180 e. The predicted molar refractivity (Wildman–Crippen MR) is 76.6 cm³/mol. The SMILES string of the molecule is Cc1ccccc1C(N)CS(=O)(=O)c1ccccc1. The minimum absolute atomic E-state index is 0.0815. The van der Waals surface area contributed by atoms with Gasteiger partial charge >= 0.3 is 0 Å². The highest BCUT2D eigenvalue weighted by Crippen LogP contribution is 2.20. The molecule has 0 radical (unpaired) electrons. The maximum absolute atomic E-state index is 12.2. The minimum Gasteiger partial charge on any atom is -0.323 e. The number of sulfone groups is 1. The monoisotopic (exact) mass is 275 g/mol. The molecule has 0 bridgehead atoms. The molecule has 0 saturated heterocycles. The average molecular weight is 275 g/mol. The first-order valence-electron chi connectivity index (χ1n) is 6.09. The molecule has 0 fully saturated rings. The topological polar surface area (TPSA) is 60.2 Å². The second-order valence-electron chi connectivity index (χ2n) is 4.56. The van der Waals surface area contributed by atoms with Crippen LogP contribution in [0.2, 0.25) is 0 Å². The van der Waals surface area contributed by atoms with Gasteiger partial charge in [-0.2, -0.15) is 0 Å². The first-order chi connectivity index (χ1) is 9.00. The molecular formula is C15H17NO2S. The van der Waals surface area contributed by atoms with E-state index < -0.39 is 15.9 Å². The summed E-state index contributed by atoms with van der Waals surface area (Å²) in [5, 5.41) is 0. The Morgan fingerprint density at radius 3 is 2.21 bits per heavy atom. The number of rotatable bonds is 4. The van der Waals surface area contributed by atoms with Crippen LogP contribution in [-0.4, -0.2) is 14.2 Å². The zero-order valence-electron chi connectivity index (χ0n) is 10.8.